The standard InChI is InChI=1S/C13H8F3N3OS/c14-7-3-6(4-8(15)11(7)16)17-5-10-18-9-1-2-21-12(9)13(20)19-10/h1-4,17H,5H2,(H,18,19,20). The summed E-state index contributed by atoms with van der Waals surface area (Å²) in [5.41, 5.74) is 0.333. The maximum absolute atomic E-state index is 13.1. The molecule has 3 aromatic rings. The summed E-state index contributed by atoms with van der Waals surface area (Å²) < 4.78 is 39.5. The number of benzene rings is 1. The molecule has 0 unspecified atom stereocenters. The lowest BCUT2D eigenvalue weighted by atomic mass is 10.3. The maximum atomic E-state index is 13.1. The summed E-state index contributed by atoms with van der Waals surface area (Å²) in [6.07, 6.45) is 0. The first kappa shape index (κ1) is 13.6. The fraction of sp³-hybridized carbons (Fsp3) is 0.0769. The van der Waals surface area contributed by atoms with Crippen LogP contribution in [-0.4, -0.2) is 9.97 Å². The van der Waals surface area contributed by atoms with Gasteiger partial charge in [-0.3, -0.25) is 4.79 Å². The Balaban J connectivity index is 1.85. The first-order valence-electron chi connectivity index (χ1n) is 5.89. The first-order valence-corrected chi connectivity index (χ1v) is 6.77. The highest BCUT2D eigenvalue weighted by molar-refractivity contribution is 7.17. The van der Waals surface area contributed by atoms with Gasteiger partial charge in [0.25, 0.3) is 5.56 Å². The van der Waals surface area contributed by atoms with Crippen molar-refractivity contribution in [2.45, 2.75) is 6.54 Å². The molecule has 2 heterocycles. The average Bonchev–Trinajstić information content (AvgIpc) is 2.91. The van der Waals surface area contributed by atoms with Crippen LogP contribution in [-0.2, 0) is 6.54 Å². The minimum absolute atomic E-state index is 0.0472. The Bertz CT molecular complexity index is 851. The van der Waals surface area contributed by atoms with Crippen molar-refractivity contribution < 1.29 is 13.2 Å². The van der Waals surface area contributed by atoms with Crippen molar-refractivity contribution in [2.75, 3.05) is 5.32 Å². The lowest BCUT2D eigenvalue weighted by molar-refractivity contribution is 0.447. The number of hydrogen-bond donors (Lipinski definition) is 2. The van der Waals surface area contributed by atoms with Gasteiger partial charge in [-0.2, -0.15) is 0 Å². The minimum Gasteiger partial charge on any atom is -0.378 e. The molecular weight excluding hydrogens is 303 g/mol. The van der Waals surface area contributed by atoms with Crippen molar-refractivity contribution in [3.05, 3.63) is 57.2 Å². The van der Waals surface area contributed by atoms with Crippen molar-refractivity contribution >= 4 is 27.2 Å². The van der Waals surface area contributed by atoms with E-state index in [1.54, 1.807) is 11.4 Å². The van der Waals surface area contributed by atoms with Crippen LogP contribution in [0.3, 0.4) is 0 Å². The van der Waals surface area contributed by atoms with Crippen LogP contribution < -0.4 is 10.9 Å². The number of nitrogens with zero attached hydrogens (tertiary/aromatic N) is 1. The van der Waals surface area contributed by atoms with Gasteiger partial charge in [-0.15, -0.1) is 11.3 Å². The average molecular weight is 311 g/mol. The van der Waals surface area contributed by atoms with Crippen molar-refractivity contribution in [2.24, 2.45) is 0 Å². The smallest absolute Gasteiger partial charge is 0.268 e. The number of aromatic amines is 1. The van der Waals surface area contributed by atoms with Gasteiger partial charge in [0.15, 0.2) is 17.5 Å². The van der Waals surface area contributed by atoms with Gasteiger partial charge in [0.05, 0.1) is 12.1 Å². The molecule has 0 radical (unpaired) electrons. The molecule has 0 aliphatic rings. The number of fused-ring (bicyclic) bond motifs is 1. The highest BCUT2D eigenvalue weighted by atomic mass is 32.1. The summed E-state index contributed by atoms with van der Waals surface area (Å²) >= 11 is 1.28. The number of anilines is 1. The number of aromatic nitrogens is 2. The van der Waals surface area contributed by atoms with E-state index < -0.39 is 17.5 Å². The number of halogens is 3. The molecule has 21 heavy (non-hydrogen) atoms. The van der Waals surface area contributed by atoms with Crippen molar-refractivity contribution in [1.29, 1.82) is 0 Å². The third kappa shape index (κ3) is 2.62. The molecule has 0 saturated heterocycles. The van der Waals surface area contributed by atoms with Crippen LogP contribution in [0, 0.1) is 17.5 Å². The van der Waals surface area contributed by atoms with E-state index in [1.165, 1.54) is 11.3 Å². The Morgan fingerprint density at radius 3 is 2.67 bits per heavy atom. The van der Waals surface area contributed by atoms with Gasteiger partial charge >= 0.3 is 0 Å². The van der Waals surface area contributed by atoms with E-state index in [-0.39, 0.29) is 17.8 Å². The molecule has 0 bridgehead atoms. The Hall–Kier alpha value is -2.35. The van der Waals surface area contributed by atoms with Crippen LogP contribution in [0.15, 0.2) is 28.4 Å². The van der Waals surface area contributed by atoms with Gasteiger partial charge in [0.1, 0.15) is 10.5 Å². The van der Waals surface area contributed by atoms with Gasteiger partial charge in [0, 0.05) is 17.8 Å². The predicted octanol–water partition coefficient (Wildman–Crippen LogP) is 3.01. The summed E-state index contributed by atoms with van der Waals surface area (Å²) in [6.45, 7) is 0.0472. The Morgan fingerprint density at radius 2 is 1.95 bits per heavy atom. The fourth-order valence-corrected chi connectivity index (χ4v) is 2.57. The second-order valence-corrected chi connectivity index (χ2v) is 5.17. The lowest BCUT2D eigenvalue weighted by Crippen LogP contribution is -2.13. The van der Waals surface area contributed by atoms with Gasteiger partial charge in [0.2, 0.25) is 0 Å². The molecule has 3 rings (SSSR count). The van der Waals surface area contributed by atoms with Gasteiger partial charge in [-0.05, 0) is 11.4 Å². The summed E-state index contributed by atoms with van der Waals surface area (Å²) in [5.74, 6) is -3.78. The van der Waals surface area contributed by atoms with Gasteiger partial charge in [-0.25, -0.2) is 18.2 Å². The van der Waals surface area contributed by atoms with Crippen LogP contribution in [0.5, 0.6) is 0 Å². The SMILES string of the molecule is O=c1[nH]c(CNc2cc(F)c(F)c(F)c2)nc2ccsc12. The van der Waals surface area contributed by atoms with E-state index in [2.05, 4.69) is 15.3 Å². The molecule has 0 aliphatic carbocycles. The predicted molar refractivity (Wildman–Crippen MR) is 73.9 cm³/mol. The van der Waals surface area contributed by atoms with Crippen LogP contribution in [0.1, 0.15) is 5.82 Å². The highest BCUT2D eigenvalue weighted by Gasteiger charge is 2.11. The molecule has 2 N–H and O–H groups in total. The zero-order chi connectivity index (χ0) is 15.0. The second-order valence-electron chi connectivity index (χ2n) is 4.26. The van der Waals surface area contributed by atoms with E-state index >= 15 is 0 Å². The maximum Gasteiger partial charge on any atom is 0.268 e. The van der Waals surface area contributed by atoms with Gasteiger partial charge in [-0.1, -0.05) is 0 Å². The van der Waals surface area contributed by atoms with Crippen LogP contribution in [0.25, 0.3) is 10.2 Å². The molecule has 108 valence electrons. The van der Waals surface area contributed by atoms with Gasteiger partial charge < -0.3 is 10.3 Å². The lowest BCUT2D eigenvalue weighted by Gasteiger charge is -2.07. The fourth-order valence-electron chi connectivity index (χ4n) is 1.85. The molecule has 1 aromatic carbocycles. The van der Waals surface area contributed by atoms with E-state index in [9.17, 15) is 18.0 Å². The molecule has 0 spiro atoms. The molecule has 0 amide bonds. The van der Waals surface area contributed by atoms with E-state index in [1.807, 2.05) is 0 Å². The quantitative estimate of drug-likeness (QED) is 0.731. The molecule has 0 aliphatic heterocycles. The Morgan fingerprint density at radius 1 is 1.24 bits per heavy atom. The normalized spacial score (nSPS) is 11.0. The van der Waals surface area contributed by atoms with Crippen LogP contribution in [0.2, 0.25) is 0 Å². The van der Waals surface area contributed by atoms with E-state index in [0.29, 0.717) is 16.0 Å². The summed E-state index contributed by atoms with van der Waals surface area (Å²) in [6, 6.07) is 3.37. The monoisotopic (exact) mass is 311 g/mol. The Kier molecular flexibility index (Phi) is 3.38. The third-order valence-corrected chi connectivity index (χ3v) is 3.71. The number of thiophene rings is 1. The topological polar surface area (TPSA) is 57.8 Å². The number of nitrogens with one attached hydrogen (secondary N) is 2. The summed E-state index contributed by atoms with van der Waals surface area (Å²) in [5, 5.41) is 4.42. The highest BCUT2D eigenvalue weighted by Crippen LogP contribution is 2.18. The van der Waals surface area contributed by atoms with E-state index in [4.69, 9.17) is 0 Å². The molecule has 0 fully saturated rings. The zero-order valence-corrected chi connectivity index (χ0v) is 11.2. The van der Waals surface area contributed by atoms with Crippen molar-refractivity contribution in [3.63, 3.8) is 0 Å². The Labute approximate surface area is 120 Å². The van der Waals surface area contributed by atoms with Crippen LogP contribution >= 0.6 is 11.3 Å². The molecule has 8 heteroatoms. The zero-order valence-electron chi connectivity index (χ0n) is 10.4. The summed E-state index contributed by atoms with van der Waals surface area (Å²) in [7, 11) is 0. The van der Waals surface area contributed by atoms with Crippen LogP contribution in [0.4, 0.5) is 18.9 Å². The largest absolute Gasteiger partial charge is 0.378 e. The molecule has 0 saturated carbocycles. The second kappa shape index (κ2) is 5.21. The molecular formula is C13H8F3N3OS. The molecule has 4 nitrogen and oxygen atoms in total. The number of H-pyrrole nitrogens is 1. The van der Waals surface area contributed by atoms with E-state index in [0.717, 1.165) is 12.1 Å². The van der Waals surface area contributed by atoms with Crippen molar-refractivity contribution in [3.8, 4) is 0 Å². The minimum atomic E-state index is -1.52. The number of rotatable bonds is 3. The van der Waals surface area contributed by atoms with Crippen molar-refractivity contribution in [1.82, 2.24) is 9.97 Å². The third-order valence-electron chi connectivity index (χ3n) is 2.81. The molecule has 2 aromatic heterocycles. The summed E-state index contributed by atoms with van der Waals surface area (Å²) in [4.78, 5) is 18.5. The molecule has 0 atom stereocenters. The first-order chi connectivity index (χ1) is 10.0. The number of hydrogen-bond acceptors (Lipinski definition) is 4.